The highest BCUT2D eigenvalue weighted by molar-refractivity contribution is 9.10. The minimum Gasteiger partial charge on any atom is -0.465 e. The van der Waals surface area contributed by atoms with Crippen LogP contribution in [0, 0.1) is 0 Å². The molecule has 1 aromatic carbocycles. The van der Waals surface area contributed by atoms with Crippen LogP contribution in [0.3, 0.4) is 0 Å². The summed E-state index contributed by atoms with van der Waals surface area (Å²) in [6.07, 6.45) is -0.111. The van der Waals surface area contributed by atoms with Crippen LogP contribution in [-0.2, 0) is 20.0 Å². The summed E-state index contributed by atoms with van der Waals surface area (Å²) in [7, 11) is 2.01. The molecule has 106 valence electrons. The molecule has 0 aliphatic carbocycles. The molecule has 0 spiro atoms. The molecule has 3 rings (SSSR count). The summed E-state index contributed by atoms with van der Waals surface area (Å²) < 4.78 is 3.15. The van der Waals surface area contributed by atoms with Crippen LogP contribution >= 0.6 is 15.9 Å². The highest BCUT2D eigenvalue weighted by Gasteiger charge is 2.38. The van der Waals surface area contributed by atoms with E-state index in [1.54, 1.807) is 0 Å². The van der Waals surface area contributed by atoms with Gasteiger partial charge in [-0.05, 0) is 38.0 Å². The van der Waals surface area contributed by atoms with Crippen molar-refractivity contribution in [3.8, 4) is 0 Å². The Morgan fingerprint density at radius 1 is 1.40 bits per heavy atom. The van der Waals surface area contributed by atoms with Crippen LogP contribution < -0.4 is 0 Å². The van der Waals surface area contributed by atoms with Crippen molar-refractivity contribution < 1.29 is 9.90 Å². The largest absolute Gasteiger partial charge is 0.465 e. The third-order valence-electron chi connectivity index (χ3n) is 4.28. The average molecular weight is 337 g/mol. The summed E-state index contributed by atoms with van der Waals surface area (Å²) in [5, 5.41) is 10.6. The summed E-state index contributed by atoms with van der Waals surface area (Å²) in [6, 6.07) is 6.25. The normalized spacial score (nSPS) is 17.3. The van der Waals surface area contributed by atoms with Gasteiger partial charge in [0.2, 0.25) is 0 Å². The molecule has 1 aliphatic rings. The van der Waals surface area contributed by atoms with Gasteiger partial charge in [0.1, 0.15) is 0 Å². The Hall–Kier alpha value is -1.49. The standard InChI is InChI=1S/C15H17BrN2O2/c1-15(2)7-11-10-5-4-9(16)6-12(10)17(3)13(11)8-18(15)14(19)20/h4-6H,7-8H2,1-3H3,(H,19,20). The quantitative estimate of drug-likeness (QED) is 0.796. The fourth-order valence-electron chi connectivity index (χ4n) is 3.16. The van der Waals surface area contributed by atoms with E-state index < -0.39 is 6.09 Å². The van der Waals surface area contributed by atoms with Crippen molar-refractivity contribution >= 4 is 32.9 Å². The maximum Gasteiger partial charge on any atom is 0.408 e. The Morgan fingerprint density at radius 3 is 2.75 bits per heavy atom. The maximum absolute atomic E-state index is 11.5. The van der Waals surface area contributed by atoms with Gasteiger partial charge in [-0.15, -0.1) is 0 Å². The van der Waals surface area contributed by atoms with Crippen LogP contribution in [0.2, 0.25) is 0 Å². The van der Waals surface area contributed by atoms with Gasteiger partial charge in [0.25, 0.3) is 0 Å². The summed E-state index contributed by atoms with van der Waals surface area (Å²) in [4.78, 5) is 13.0. The van der Waals surface area contributed by atoms with Crippen molar-refractivity contribution in [1.82, 2.24) is 9.47 Å². The second-order valence-corrected chi connectivity index (χ2v) is 6.92. The first-order valence-electron chi connectivity index (χ1n) is 6.57. The number of carboxylic acid groups (broad SMARTS) is 1. The molecule has 2 heterocycles. The Kier molecular flexibility index (Phi) is 2.87. The van der Waals surface area contributed by atoms with E-state index in [0.717, 1.165) is 22.1 Å². The van der Waals surface area contributed by atoms with Crippen molar-refractivity contribution in [1.29, 1.82) is 0 Å². The molecule has 0 radical (unpaired) electrons. The highest BCUT2D eigenvalue weighted by atomic mass is 79.9. The van der Waals surface area contributed by atoms with E-state index >= 15 is 0 Å². The number of halogens is 1. The van der Waals surface area contributed by atoms with Gasteiger partial charge in [0.15, 0.2) is 0 Å². The molecule has 0 fully saturated rings. The maximum atomic E-state index is 11.5. The Balaban J connectivity index is 2.24. The van der Waals surface area contributed by atoms with E-state index in [0.29, 0.717) is 6.54 Å². The van der Waals surface area contributed by atoms with Crippen molar-refractivity contribution in [2.24, 2.45) is 7.05 Å². The first-order valence-corrected chi connectivity index (χ1v) is 7.37. The number of nitrogens with zero attached hydrogens (tertiary/aromatic N) is 2. The number of rotatable bonds is 0. The smallest absolute Gasteiger partial charge is 0.408 e. The molecule has 0 unspecified atom stereocenters. The Labute approximate surface area is 126 Å². The van der Waals surface area contributed by atoms with E-state index in [-0.39, 0.29) is 5.54 Å². The molecule has 0 saturated carbocycles. The second-order valence-electron chi connectivity index (χ2n) is 6.00. The predicted molar refractivity (Wildman–Crippen MR) is 82.0 cm³/mol. The Bertz CT molecular complexity index is 718. The molecule has 0 bridgehead atoms. The number of fused-ring (bicyclic) bond motifs is 3. The zero-order valence-electron chi connectivity index (χ0n) is 11.8. The molecule has 1 aromatic heterocycles. The van der Waals surface area contributed by atoms with E-state index in [1.165, 1.54) is 15.8 Å². The van der Waals surface area contributed by atoms with Gasteiger partial charge >= 0.3 is 6.09 Å². The molecule has 20 heavy (non-hydrogen) atoms. The number of aryl methyl sites for hydroxylation is 1. The minimum atomic E-state index is -0.855. The lowest BCUT2D eigenvalue weighted by Gasteiger charge is -2.40. The summed E-state index contributed by atoms with van der Waals surface area (Å²) in [6.45, 7) is 4.42. The van der Waals surface area contributed by atoms with Crippen LogP contribution in [0.15, 0.2) is 22.7 Å². The van der Waals surface area contributed by atoms with E-state index in [9.17, 15) is 9.90 Å². The molecule has 1 aliphatic heterocycles. The topological polar surface area (TPSA) is 45.5 Å². The lowest BCUT2D eigenvalue weighted by molar-refractivity contribution is 0.0785. The lowest BCUT2D eigenvalue weighted by atomic mass is 9.87. The third kappa shape index (κ3) is 1.84. The highest BCUT2D eigenvalue weighted by Crippen LogP contribution is 2.37. The lowest BCUT2D eigenvalue weighted by Crippen LogP contribution is -2.51. The predicted octanol–water partition coefficient (Wildman–Crippen LogP) is 3.76. The number of carbonyl (C=O) groups is 1. The summed E-state index contributed by atoms with van der Waals surface area (Å²) in [5.41, 5.74) is 3.14. The first-order chi connectivity index (χ1) is 9.31. The fourth-order valence-corrected chi connectivity index (χ4v) is 3.51. The number of hydrogen-bond donors (Lipinski definition) is 1. The molecular weight excluding hydrogens is 320 g/mol. The minimum absolute atomic E-state index is 0.375. The van der Waals surface area contributed by atoms with Crippen LogP contribution in [0.25, 0.3) is 10.9 Å². The zero-order valence-corrected chi connectivity index (χ0v) is 13.4. The molecule has 5 heteroatoms. The Morgan fingerprint density at radius 2 is 2.10 bits per heavy atom. The van der Waals surface area contributed by atoms with Gasteiger partial charge in [-0.1, -0.05) is 22.0 Å². The molecule has 1 amide bonds. The van der Waals surface area contributed by atoms with Crippen LogP contribution in [0.5, 0.6) is 0 Å². The second kappa shape index (κ2) is 4.25. The van der Waals surface area contributed by atoms with Gasteiger partial charge < -0.3 is 9.67 Å². The van der Waals surface area contributed by atoms with Crippen LogP contribution in [0.4, 0.5) is 4.79 Å². The van der Waals surface area contributed by atoms with Crippen LogP contribution in [0.1, 0.15) is 25.1 Å². The molecule has 2 aromatic rings. The average Bonchev–Trinajstić information content (AvgIpc) is 2.59. The van der Waals surface area contributed by atoms with E-state index in [4.69, 9.17) is 0 Å². The SMILES string of the molecule is Cn1c2c(c3ccc(Br)cc31)CC(C)(C)N(C(=O)O)C2. The number of aromatic nitrogens is 1. The molecular formula is C15H17BrN2O2. The van der Waals surface area contributed by atoms with Gasteiger partial charge in [-0.2, -0.15) is 0 Å². The van der Waals surface area contributed by atoms with E-state index in [2.05, 4.69) is 32.6 Å². The molecule has 0 saturated heterocycles. The zero-order chi connectivity index (χ0) is 14.7. The summed E-state index contributed by atoms with van der Waals surface area (Å²) in [5.74, 6) is 0. The fraction of sp³-hybridized carbons (Fsp3) is 0.400. The van der Waals surface area contributed by atoms with Crippen molar-refractivity contribution in [2.45, 2.75) is 32.4 Å². The van der Waals surface area contributed by atoms with Gasteiger partial charge in [-0.3, -0.25) is 4.90 Å². The van der Waals surface area contributed by atoms with Crippen molar-refractivity contribution in [2.75, 3.05) is 0 Å². The number of amides is 1. The molecule has 4 nitrogen and oxygen atoms in total. The van der Waals surface area contributed by atoms with Crippen molar-refractivity contribution in [3.63, 3.8) is 0 Å². The van der Waals surface area contributed by atoms with Crippen LogP contribution in [-0.4, -0.2) is 26.2 Å². The van der Waals surface area contributed by atoms with Gasteiger partial charge in [0.05, 0.1) is 6.54 Å². The van der Waals surface area contributed by atoms with Gasteiger partial charge in [0, 0.05) is 33.7 Å². The summed E-state index contributed by atoms with van der Waals surface area (Å²) >= 11 is 3.50. The number of hydrogen-bond acceptors (Lipinski definition) is 1. The number of benzene rings is 1. The first kappa shape index (κ1) is 13.5. The van der Waals surface area contributed by atoms with Crippen molar-refractivity contribution in [3.05, 3.63) is 33.9 Å². The molecule has 1 N–H and O–H groups in total. The third-order valence-corrected chi connectivity index (χ3v) is 4.77. The monoisotopic (exact) mass is 336 g/mol. The van der Waals surface area contributed by atoms with E-state index in [1.807, 2.05) is 27.0 Å². The van der Waals surface area contributed by atoms with Gasteiger partial charge in [-0.25, -0.2) is 4.79 Å². The molecule has 0 atom stereocenters.